The van der Waals surface area contributed by atoms with Crippen LogP contribution in [0, 0.1) is 11.3 Å². The van der Waals surface area contributed by atoms with E-state index in [1.807, 2.05) is 6.08 Å². The summed E-state index contributed by atoms with van der Waals surface area (Å²) >= 11 is 0. The van der Waals surface area contributed by atoms with E-state index in [-0.39, 0.29) is 11.0 Å². The third-order valence-electron chi connectivity index (χ3n) is 5.56. The number of nitrogens with zero attached hydrogens (tertiary/aromatic N) is 1. The van der Waals surface area contributed by atoms with E-state index in [9.17, 15) is 0 Å². The Balaban J connectivity index is 1.75. The van der Waals surface area contributed by atoms with Crippen LogP contribution in [0.3, 0.4) is 0 Å². The second-order valence-corrected chi connectivity index (χ2v) is 6.90. The molecule has 0 aromatic heterocycles. The lowest BCUT2D eigenvalue weighted by atomic mass is 9.48. The molecule has 1 aliphatic heterocycles. The molecule has 3 nitrogen and oxygen atoms in total. The van der Waals surface area contributed by atoms with Crippen LogP contribution in [0.4, 0.5) is 0 Å². The van der Waals surface area contributed by atoms with Gasteiger partial charge in [0.2, 0.25) is 0 Å². The Morgan fingerprint density at radius 3 is 2.72 bits per heavy atom. The third kappa shape index (κ3) is 1.60. The zero-order chi connectivity index (χ0) is 13.0. The van der Waals surface area contributed by atoms with Crippen molar-refractivity contribution in [3.8, 4) is 0 Å². The monoisotopic (exact) mass is 250 g/mol. The fourth-order valence-corrected chi connectivity index (χ4v) is 4.08. The van der Waals surface area contributed by atoms with Crippen molar-refractivity contribution in [1.82, 2.24) is 4.90 Å². The second-order valence-electron chi connectivity index (χ2n) is 6.90. The van der Waals surface area contributed by atoms with Gasteiger partial charge in [0.05, 0.1) is 6.10 Å². The molecule has 3 atom stereocenters. The topological polar surface area (TPSA) is 38.5 Å². The van der Waals surface area contributed by atoms with Crippen LogP contribution in [0.25, 0.3) is 0 Å². The lowest BCUT2D eigenvalue weighted by Gasteiger charge is -2.63. The molecule has 0 amide bonds. The normalized spacial score (nSPS) is 41.6. The molecule has 2 aliphatic carbocycles. The van der Waals surface area contributed by atoms with E-state index in [0.29, 0.717) is 12.0 Å². The standard InChI is InChI=1S/C15H26N2O/c1-4-8-17(11-5-6-11)10-15(16)12-7-9-18-13(12)14(15,2)3/h4,11-13H,1,5-10,16H2,2-3H3. The molecule has 3 heteroatoms. The summed E-state index contributed by atoms with van der Waals surface area (Å²) in [6, 6.07) is 0.751. The van der Waals surface area contributed by atoms with Crippen LogP contribution in [0.2, 0.25) is 0 Å². The minimum absolute atomic E-state index is 0.0836. The van der Waals surface area contributed by atoms with E-state index >= 15 is 0 Å². The van der Waals surface area contributed by atoms with Crippen LogP contribution in [-0.2, 0) is 4.74 Å². The minimum atomic E-state index is -0.0836. The molecule has 3 rings (SSSR count). The molecule has 1 heterocycles. The summed E-state index contributed by atoms with van der Waals surface area (Å²) in [5, 5.41) is 0. The molecule has 1 saturated heterocycles. The van der Waals surface area contributed by atoms with Gasteiger partial charge in [0.15, 0.2) is 0 Å². The van der Waals surface area contributed by atoms with E-state index in [1.165, 1.54) is 12.8 Å². The predicted octanol–water partition coefficient (Wildman–Crippen LogP) is 1.78. The molecular formula is C15H26N2O. The van der Waals surface area contributed by atoms with Crippen LogP contribution in [0.5, 0.6) is 0 Å². The third-order valence-corrected chi connectivity index (χ3v) is 5.56. The number of rotatable bonds is 5. The molecule has 0 radical (unpaired) electrons. The Labute approximate surface area is 110 Å². The molecule has 0 bridgehead atoms. The van der Waals surface area contributed by atoms with Gasteiger partial charge in [-0.1, -0.05) is 19.9 Å². The van der Waals surface area contributed by atoms with Crippen molar-refractivity contribution < 1.29 is 4.74 Å². The van der Waals surface area contributed by atoms with Gasteiger partial charge in [-0.05, 0) is 19.3 Å². The Bertz CT molecular complexity index is 350. The lowest BCUT2D eigenvalue weighted by Crippen LogP contribution is -2.78. The summed E-state index contributed by atoms with van der Waals surface area (Å²) in [6.45, 7) is 11.3. The SMILES string of the molecule is C=CCN(CC1(N)C2CCOC2C1(C)C)C1CC1. The van der Waals surface area contributed by atoms with Gasteiger partial charge in [-0.3, -0.25) is 4.90 Å². The number of hydrogen-bond donors (Lipinski definition) is 1. The summed E-state index contributed by atoms with van der Waals surface area (Å²) in [5.41, 5.74) is 6.82. The van der Waals surface area contributed by atoms with Crippen LogP contribution < -0.4 is 5.73 Å². The van der Waals surface area contributed by atoms with E-state index < -0.39 is 0 Å². The van der Waals surface area contributed by atoms with Gasteiger partial charge in [0.25, 0.3) is 0 Å². The summed E-state index contributed by atoms with van der Waals surface area (Å²) in [4.78, 5) is 2.53. The van der Waals surface area contributed by atoms with Crippen molar-refractivity contribution in [2.75, 3.05) is 19.7 Å². The first-order chi connectivity index (χ1) is 8.50. The van der Waals surface area contributed by atoms with Crippen LogP contribution in [-0.4, -0.2) is 42.3 Å². The predicted molar refractivity (Wildman–Crippen MR) is 73.3 cm³/mol. The highest BCUT2D eigenvalue weighted by atomic mass is 16.5. The Hall–Kier alpha value is -0.380. The molecule has 2 N–H and O–H groups in total. The molecule has 18 heavy (non-hydrogen) atoms. The summed E-state index contributed by atoms with van der Waals surface area (Å²) < 4.78 is 5.86. The number of fused-ring (bicyclic) bond motifs is 1. The van der Waals surface area contributed by atoms with Gasteiger partial charge in [-0.25, -0.2) is 0 Å². The number of ether oxygens (including phenoxy) is 1. The van der Waals surface area contributed by atoms with Crippen molar-refractivity contribution in [3.63, 3.8) is 0 Å². The Kier molecular flexibility index (Phi) is 2.85. The van der Waals surface area contributed by atoms with Crippen molar-refractivity contribution in [1.29, 1.82) is 0 Å². The highest BCUT2D eigenvalue weighted by Gasteiger charge is 2.68. The van der Waals surface area contributed by atoms with E-state index in [2.05, 4.69) is 25.3 Å². The average molecular weight is 250 g/mol. The second kappa shape index (κ2) is 4.06. The largest absolute Gasteiger partial charge is 0.377 e. The van der Waals surface area contributed by atoms with Gasteiger partial charge in [-0.15, -0.1) is 6.58 Å². The van der Waals surface area contributed by atoms with Crippen molar-refractivity contribution in [3.05, 3.63) is 12.7 Å². The van der Waals surface area contributed by atoms with E-state index in [0.717, 1.165) is 32.2 Å². The summed E-state index contributed by atoms with van der Waals surface area (Å²) in [6.07, 6.45) is 6.18. The van der Waals surface area contributed by atoms with Crippen molar-refractivity contribution in [2.45, 2.75) is 50.8 Å². The highest BCUT2D eigenvalue weighted by Crippen LogP contribution is 2.58. The molecule has 2 saturated carbocycles. The first-order valence-electron chi connectivity index (χ1n) is 7.26. The molecule has 0 aromatic carbocycles. The quantitative estimate of drug-likeness (QED) is 0.756. The van der Waals surface area contributed by atoms with Gasteiger partial charge in [0.1, 0.15) is 0 Å². The number of hydrogen-bond acceptors (Lipinski definition) is 3. The molecule has 3 aliphatic rings. The van der Waals surface area contributed by atoms with Crippen molar-refractivity contribution in [2.24, 2.45) is 17.1 Å². The van der Waals surface area contributed by atoms with Gasteiger partial charge in [-0.2, -0.15) is 0 Å². The zero-order valence-electron chi connectivity index (χ0n) is 11.7. The first kappa shape index (κ1) is 12.6. The summed E-state index contributed by atoms with van der Waals surface area (Å²) in [5.74, 6) is 0.554. The molecule has 3 unspecified atom stereocenters. The molecule has 102 valence electrons. The zero-order valence-corrected chi connectivity index (χ0v) is 11.7. The molecule has 0 aromatic rings. The highest BCUT2D eigenvalue weighted by molar-refractivity contribution is 5.22. The maximum Gasteiger partial charge on any atom is 0.0691 e. The molecule has 0 spiro atoms. The van der Waals surface area contributed by atoms with E-state index in [1.54, 1.807) is 0 Å². The lowest BCUT2D eigenvalue weighted by molar-refractivity contribution is -0.163. The maximum absolute atomic E-state index is 6.81. The maximum atomic E-state index is 6.81. The van der Waals surface area contributed by atoms with E-state index in [4.69, 9.17) is 10.5 Å². The Morgan fingerprint density at radius 2 is 2.11 bits per heavy atom. The fraction of sp³-hybridized carbons (Fsp3) is 0.867. The fourth-order valence-electron chi connectivity index (χ4n) is 4.08. The van der Waals surface area contributed by atoms with Crippen LogP contribution in [0.15, 0.2) is 12.7 Å². The van der Waals surface area contributed by atoms with Gasteiger partial charge in [0, 0.05) is 42.6 Å². The molecule has 3 fully saturated rings. The van der Waals surface area contributed by atoms with Gasteiger partial charge >= 0.3 is 0 Å². The number of nitrogens with two attached hydrogens (primary N) is 1. The van der Waals surface area contributed by atoms with Crippen LogP contribution in [0.1, 0.15) is 33.1 Å². The minimum Gasteiger partial charge on any atom is -0.377 e. The van der Waals surface area contributed by atoms with Crippen molar-refractivity contribution >= 4 is 0 Å². The smallest absolute Gasteiger partial charge is 0.0691 e. The van der Waals surface area contributed by atoms with Gasteiger partial charge < -0.3 is 10.5 Å². The Morgan fingerprint density at radius 1 is 1.39 bits per heavy atom. The first-order valence-corrected chi connectivity index (χ1v) is 7.26. The summed E-state index contributed by atoms with van der Waals surface area (Å²) in [7, 11) is 0. The molecular weight excluding hydrogens is 224 g/mol. The average Bonchev–Trinajstić information content (AvgIpc) is 3.05. The van der Waals surface area contributed by atoms with Crippen LogP contribution >= 0.6 is 0 Å².